The smallest absolute Gasteiger partial charge is 0.303 e. The molecular weight excluding hydrogens is 228 g/mol. The van der Waals surface area contributed by atoms with E-state index in [9.17, 15) is 4.79 Å². The Bertz CT molecular complexity index is 363. The van der Waals surface area contributed by atoms with Gasteiger partial charge in [0.1, 0.15) is 5.75 Å². The molecule has 0 aromatic heterocycles. The molecule has 0 fully saturated rings. The number of benzene rings is 1. The highest BCUT2D eigenvalue weighted by atomic mass is 35.5. The molecule has 0 saturated carbocycles. The maximum Gasteiger partial charge on any atom is 0.303 e. The Hall–Kier alpha value is -1.22. The van der Waals surface area contributed by atoms with E-state index in [1.165, 1.54) is 0 Å². The van der Waals surface area contributed by atoms with Crippen molar-refractivity contribution in [1.29, 1.82) is 0 Å². The van der Waals surface area contributed by atoms with E-state index in [1.807, 2.05) is 19.1 Å². The Labute approximate surface area is 100.0 Å². The molecule has 16 heavy (non-hydrogen) atoms. The van der Waals surface area contributed by atoms with E-state index in [0.29, 0.717) is 18.1 Å². The van der Waals surface area contributed by atoms with Crippen molar-refractivity contribution in [2.45, 2.75) is 26.2 Å². The molecule has 0 aliphatic carbocycles. The van der Waals surface area contributed by atoms with Crippen molar-refractivity contribution >= 4 is 17.6 Å². The number of carbonyl (C=O) groups is 1. The van der Waals surface area contributed by atoms with Crippen LogP contribution < -0.4 is 4.74 Å². The van der Waals surface area contributed by atoms with E-state index in [1.54, 1.807) is 6.07 Å². The summed E-state index contributed by atoms with van der Waals surface area (Å²) < 4.78 is 5.51. The topological polar surface area (TPSA) is 46.5 Å². The lowest BCUT2D eigenvalue weighted by molar-refractivity contribution is -0.137. The fourth-order valence-electron chi connectivity index (χ4n) is 1.37. The zero-order valence-electron chi connectivity index (χ0n) is 9.20. The number of carboxylic acids is 1. The lowest BCUT2D eigenvalue weighted by atomic mass is 10.1. The number of rotatable bonds is 6. The van der Waals surface area contributed by atoms with Crippen LogP contribution in [0.4, 0.5) is 0 Å². The van der Waals surface area contributed by atoms with Crippen molar-refractivity contribution in [3.05, 3.63) is 28.8 Å². The van der Waals surface area contributed by atoms with Gasteiger partial charge in [-0.15, -0.1) is 0 Å². The fourth-order valence-corrected chi connectivity index (χ4v) is 1.57. The SMILES string of the molecule is CCc1cc(Cl)ccc1OCCCC(=O)O. The van der Waals surface area contributed by atoms with E-state index >= 15 is 0 Å². The highest BCUT2D eigenvalue weighted by molar-refractivity contribution is 6.30. The third-order valence-electron chi connectivity index (χ3n) is 2.20. The van der Waals surface area contributed by atoms with Crippen molar-refractivity contribution < 1.29 is 14.6 Å². The Kier molecular flexibility index (Phi) is 5.12. The van der Waals surface area contributed by atoms with Crippen LogP contribution in [0.3, 0.4) is 0 Å². The monoisotopic (exact) mass is 242 g/mol. The van der Waals surface area contributed by atoms with Crippen LogP contribution in [0.15, 0.2) is 18.2 Å². The molecule has 1 rings (SSSR count). The number of aliphatic carboxylic acids is 1. The Morgan fingerprint density at radius 3 is 2.88 bits per heavy atom. The normalized spacial score (nSPS) is 10.1. The van der Waals surface area contributed by atoms with E-state index in [-0.39, 0.29) is 6.42 Å². The van der Waals surface area contributed by atoms with Gasteiger partial charge in [0.05, 0.1) is 6.61 Å². The summed E-state index contributed by atoms with van der Waals surface area (Å²) >= 11 is 5.87. The molecule has 0 spiro atoms. The first kappa shape index (κ1) is 12.8. The summed E-state index contributed by atoms with van der Waals surface area (Å²) in [6.45, 7) is 2.44. The van der Waals surface area contributed by atoms with E-state index in [2.05, 4.69) is 0 Å². The molecule has 0 aliphatic rings. The summed E-state index contributed by atoms with van der Waals surface area (Å²) in [7, 11) is 0. The predicted octanol–water partition coefficient (Wildman–Crippen LogP) is 3.15. The van der Waals surface area contributed by atoms with Gasteiger partial charge < -0.3 is 9.84 Å². The van der Waals surface area contributed by atoms with Crippen LogP contribution >= 0.6 is 11.6 Å². The maximum atomic E-state index is 10.3. The molecule has 1 N–H and O–H groups in total. The van der Waals surface area contributed by atoms with Gasteiger partial charge in [0.2, 0.25) is 0 Å². The average Bonchev–Trinajstić information content (AvgIpc) is 2.25. The summed E-state index contributed by atoms with van der Waals surface area (Å²) in [4.78, 5) is 10.3. The van der Waals surface area contributed by atoms with Gasteiger partial charge in [-0.25, -0.2) is 0 Å². The number of ether oxygens (including phenoxy) is 1. The largest absolute Gasteiger partial charge is 0.493 e. The summed E-state index contributed by atoms with van der Waals surface area (Å²) in [5.74, 6) is -0.00675. The van der Waals surface area contributed by atoms with Crippen molar-refractivity contribution in [1.82, 2.24) is 0 Å². The van der Waals surface area contributed by atoms with Gasteiger partial charge in [0.25, 0.3) is 0 Å². The minimum absolute atomic E-state index is 0.134. The lowest BCUT2D eigenvalue weighted by Gasteiger charge is -2.10. The first-order valence-corrected chi connectivity index (χ1v) is 5.64. The molecule has 1 aromatic rings. The number of hydrogen-bond acceptors (Lipinski definition) is 2. The van der Waals surface area contributed by atoms with Crippen LogP contribution in [0.2, 0.25) is 5.02 Å². The first-order valence-electron chi connectivity index (χ1n) is 5.26. The van der Waals surface area contributed by atoms with Crippen LogP contribution in [-0.4, -0.2) is 17.7 Å². The number of halogens is 1. The average molecular weight is 243 g/mol. The molecule has 0 aliphatic heterocycles. The molecule has 1 aromatic carbocycles. The van der Waals surface area contributed by atoms with Gasteiger partial charge in [-0.2, -0.15) is 0 Å². The predicted molar refractivity (Wildman–Crippen MR) is 63.2 cm³/mol. The molecule has 0 amide bonds. The zero-order valence-corrected chi connectivity index (χ0v) is 9.96. The van der Waals surface area contributed by atoms with Crippen LogP contribution in [-0.2, 0) is 11.2 Å². The van der Waals surface area contributed by atoms with Crippen molar-refractivity contribution in [2.75, 3.05) is 6.61 Å². The lowest BCUT2D eigenvalue weighted by Crippen LogP contribution is -2.03. The second-order valence-electron chi connectivity index (χ2n) is 3.45. The number of aryl methyl sites for hydroxylation is 1. The molecule has 0 radical (unpaired) electrons. The molecule has 0 heterocycles. The standard InChI is InChI=1S/C12H15ClO3/c1-2-9-8-10(13)5-6-11(9)16-7-3-4-12(14)15/h5-6,8H,2-4,7H2,1H3,(H,14,15). The summed E-state index contributed by atoms with van der Waals surface area (Å²) in [6, 6.07) is 5.46. The molecule has 3 nitrogen and oxygen atoms in total. The highest BCUT2D eigenvalue weighted by Crippen LogP contribution is 2.23. The van der Waals surface area contributed by atoms with Crippen LogP contribution in [0, 0.1) is 0 Å². The third kappa shape index (κ3) is 4.11. The van der Waals surface area contributed by atoms with Crippen molar-refractivity contribution in [3.8, 4) is 5.75 Å². The van der Waals surface area contributed by atoms with Crippen molar-refractivity contribution in [3.63, 3.8) is 0 Å². The quantitative estimate of drug-likeness (QED) is 0.780. The van der Waals surface area contributed by atoms with Gasteiger partial charge >= 0.3 is 5.97 Å². The van der Waals surface area contributed by atoms with Crippen LogP contribution in [0.1, 0.15) is 25.3 Å². The van der Waals surface area contributed by atoms with Gasteiger partial charge in [-0.1, -0.05) is 18.5 Å². The van der Waals surface area contributed by atoms with Gasteiger partial charge in [-0.05, 0) is 36.6 Å². The Morgan fingerprint density at radius 2 is 2.25 bits per heavy atom. The second-order valence-corrected chi connectivity index (χ2v) is 3.89. The van der Waals surface area contributed by atoms with Crippen molar-refractivity contribution in [2.24, 2.45) is 0 Å². The molecule has 4 heteroatoms. The van der Waals surface area contributed by atoms with Gasteiger partial charge in [-0.3, -0.25) is 4.79 Å². The molecule has 88 valence electrons. The molecule has 0 atom stereocenters. The highest BCUT2D eigenvalue weighted by Gasteiger charge is 2.03. The number of hydrogen-bond donors (Lipinski definition) is 1. The fraction of sp³-hybridized carbons (Fsp3) is 0.417. The van der Waals surface area contributed by atoms with E-state index in [0.717, 1.165) is 17.7 Å². The summed E-state index contributed by atoms with van der Waals surface area (Å²) in [5.41, 5.74) is 1.04. The van der Waals surface area contributed by atoms with E-state index in [4.69, 9.17) is 21.4 Å². The van der Waals surface area contributed by atoms with E-state index < -0.39 is 5.97 Å². The summed E-state index contributed by atoms with van der Waals surface area (Å²) in [6.07, 6.45) is 1.49. The third-order valence-corrected chi connectivity index (χ3v) is 2.43. The van der Waals surface area contributed by atoms with Crippen LogP contribution in [0.25, 0.3) is 0 Å². The molecular formula is C12H15ClO3. The Morgan fingerprint density at radius 1 is 1.50 bits per heavy atom. The molecule has 0 saturated heterocycles. The maximum absolute atomic E-state index is 10.3. The molecule has 0 unspecified atom stereocenters. The Balaban J connectivity index is 2.50. The first-order chi connectivity index (χ1) is 7.63. The van der Waals surface area contributed by atoms with Gasteiger partial charge in [0, 0.05) is 11.4 Å². The number of carboxylic acid groups (broad SMARTS) is 1. The molecule has 0 bridgehead atoms. The van der Waals surface area contributed by atoms with Gasteiger partial charge in [0.15, 0.2) is 0 Å². The minimum Gasteiger partial charge on any atom is -0.493 e. The minimum atomic E-state index is -0.796. The van der Waals surface area contributed by atoms with Crippen LogP contribution in [0.5, 0.6) is 5.75 Å². The zero-order chi connectivity index (χ0) is 12.0. The summed E-state index contributed by atoms with van der Waals surface area (Å²) in [5, 5.41) is 9.16. The second kappa shape index (κ2) is 6.38.